The molecular weight excluding hydrogens is 484 g/mol. The number of aromatic nitrogens is 2. The molecule has 3 rings (SSSR count). The summed E-state index contributed by atoms with van der Waals surface area (Å²) in [5.74, 6) is 0.340. The lowest BCUT2D eigenvalue weighted by Gasteiger charge is -2.16. The van der Waals surface area contributed by atoms with Gasteiger partial charge in [0, 0.05) is 21.9 Å². The minimum absolute atomic E-state index is 0. The molecule has 0 bridgehead atoms. The number of nitrogens with two attached hydrogens (primary N) is 1. The molecule has 0 saturated carbocycles. The Kier molecular flexibility index (Phi) is 7.14. The van der Waals surface area contributed by atoms with Crippen LogP contribution in [0.25, 0.3) is 5.65 Å². The Morgan fingerprint density at radius 1 is 1.31 bits per heavy atom. The van der Waals surface area contributed by atoms with Crippen LogP contribution in [0.2, 0.25) is 10.0 Å². The molecule has 0 radical (unpaired) electrons. The summed E-state index contributed by atoms with van der Waals surface area (Å²) >= 11 is 12.2. The van der Waals surface area contributed by atoms with Crippen LogP contribution in [0.1, 0.15) is 29.9 Å². The minimum atomic E-state index is -0.0863. The maximum absolute atomic E-state index is 6.22. The number of nitrogens with one attached hydrogen (secondary N) is 1. The van der Waals surface area contributed by atoms with Gasteiger partial charge in [0.1, 0.15) is 5.65 Å². The molecule has 1 aromatic carbocycles. The fraction of sp³-hybridized carbons (Fsp3) is 0.222. The van der Waals surface area contributed by atoms with Gasteiger partial charge in [-0.05, 0) is 43.7 Å². The van der Waals surface area contributed by atoms with E-state index in [1.54, 1.807) is 12.1 Å². The van der Waals surface area contributed by atoms with E-state index in [1.807, 2.05) is 48.7 Å². The average Bonchev–Trinajstić information content (AvgIpc) is 2.97. The van der Waals surface area contributed by atoms with Crippen LogP contribution in [0.4, 0.5) is 0 Å². The van der Waals surface area contributed by atoms with Crippen molar-refractivity contribution in [3.8, 4) is 0 Å². The standard InChI is InChI=1S/C18H19Cl2N5.HI/c1-11-4-3-5-17-24-14(10-25(11)17)9-22-18(21)23-12(2)15-7-6-13(19)8-16(15)20;/h3-8,10,12H,9H2,1-2H3,(H3,21,22,23);1H. The second kappa shape index (κ2) is 8.92. The lowest BCUT2D eigenvalue weighted by molar-refractivity contribution is 0.707. The van der Waals surface area contributed by atoms with Crippen LogP contribution in [-0.2, 0) is 6.54 Å². The Labute approximate surface area is 179 Å². The number of rotatable bonds is 4. The maximum atomic E-state index is 6.22. The van der Waals surface area contributed by atoms with Gasteiger partial charge in [0.2, 0.25) is 0 Å². The number of fused-ring (bicyclic) bond motifs is 1. The molecule has 8 heteroatoms. The molecule has 3 aromatic rings. The molecule has 0 spiro atoms. The number of hydrogen-bond donors (Lipinski definition) is 2. The summed E-state index contributed by atoms with van der Waals surface area (Å²) in [6.45, 7) is 4.40. The highest BCUT2D eigenvalue weighted by Gasteiger charge is 2.11. The van der Waals surface area contributed by atoms with E-state index in [9.17, 15) is 0 Å². The molecule has 0 saturated heterocycles. The van der Waals surface area contributed by atoms with Gasteiger partial charge < -0.3 is 15.5 Å². The van der Waals surface area contributed by atoms with E-state index in [-0.39, 0.29) is 30.0 Å². The fourth-order valence-electron chi connectivity index (χ4n) is 2.64. The first-order valence-corrected chi connectivity index (χ1v) is 8.64. The van der Waals surface area contributed by atoms with E-state index in [1.165, 1.54) is 0 Å². The Morgan fingerprint density at radius 2 is 2.08 bits per heavy atom. The average molecular weight is 504 g/mol. The van der Waals surface area contributed by atoms with Crippen LogP contribution in [-0.4, -0.2) is 15.3 Å². The summed E-state index contributed by atoms with van der Waals surface area (Å²) < 4.78 is 2.03. The van der Waals surface area contributed by atoms with Crippen LogP contribution in [0.3, 0.4) is 0 Å². The highest BCUT2D eigenvalue weighted by molar-refractivity contribution is 14.0. The number of benzene rings is 1. The zero-order valence-corrected chi connectivity index (χ0v) is 18.3. The largest absolute Gasteiger partial charge is 0.370 e. The maximum Gasteiger partial charge on any atom is 0.189 e. The summed E-state index contributed by atoms with van der Waals surface area (Å²) in [5, 5.41) is 4.33. The summed E-state index contributed by atoms with van der Waals surface area (Å²) in [7, 11) is 0. The van der Waals surface area contributed by atoms with Crippen LogP contribution in [0, 0.1) is 6.92 Å². The van der Waals surface area contributed by atoms with Gasteiger partial charge in [0.25, 0.3) is 0 Å². The second-order valence-electron chi connectivity index (χ2n) is 5.86. The Bertz CT molecular complexity index is 938. The highest BCUT2D eigenvalue weighted by atomic mass is 127. The molecule has 0 aliphatic rings. The minimum Gasteiger partial charge on any atom is -0.370 e. The highest BCUT2D eigenvalue weighted by Crippen LogP contribution is 2.25. The van der Waals surface area contributed by atoms with Crippen LogP contribution in [0.15, 0.2) is 47.6 Å². The van der Waals surface area contributed by atoms with E-state index in [4.69, 9.17) is 28.9 Å². The SMILES string of the molecule is Cc1cccc2nc(CN=C(N)NC(C)c3ccc(Cl)cc3Cl)cn12.I. The third-order valence-corrected chi connectivity index (χ3v) is 4.51. The molecule has 0 aliphatic carbocycles. The monoisotopic (exact) mass is 503 g/mol. The van der Waals surface area contributed by atoms with Gasteiger partial charge in [-0.2, -0.15) is 0 Å². The van der Waals surface area contributed by atoms with Gasteiger partial charge >= 0.3 is 0 Å². The van der Waals surface area contributed by atoms with Crippen LogP contribution >= 0.6 is 47.2 Å². The molecule has 5 nitrogen and oxygen atoms in total. The van der Waals surface area contributed by atoms with Crippen molar-refractivity contribution in [1.82, 2.24) is 14.7 Å². The number of hydrogen-bond acceptors (Lipinski definition) is 2. The van der Waals surface area contributed by atoms with Gasteiger partial charge in [-0.3, -0.25) is 0 Å². The third kappa shape index (κ3) is 4.81. The molecule has 2 heterocycles. The number of imidazole rings is 1. The van der Waals surface area contributed by atoms with Gasteiger partial charge in [0.15, 0.2) is 5.96 Å². The molecule has 0 fully saturated rings. The van der Waals surface area contributed by atoms with Gasteiger partial charge in [-0.25, -0.2) is 9.98 Å². The summed E-state index contributed by atoms with van der Waals surface area (Å²) in [4.78, 5) is 8.91. The van der Waals surface area contributed by atoms with Crippen molar-refractivity contribution >= 4 is 58.8 Å². The Morgan fingerprint density at radius 3 is 2.77 bits per heavy atom. The number of aliphatic imine (C=N–C) groups is 1. The van der Waals surface area contributed by atoms with Crippen molar-refractivity contribution in [2.75, 3.05) is 0 Å². The van der Waals surface area contributed by atoms with E-state index in [2.05, 4.69) is 15.3 Å². The van der Waals surface area contributed by atoms with Crippen molar-refractivity contribution in [3.63, 3.8) is 0 Å². The first kappa shape index (κ1) is 20.8. The quantitative estimate of drug-likeness (QED) is 0.307. The molecule has 0 amide bonds. The lowest BCUT2D eigenvalue weighted by Crippen LogP contribution is -2.34. The summed E-state index contributed by atoms with van der Waals surface area (Å²) in [6.07, 6.45) is 1.97. The predicted octanol–water partition coefficient (Wildman–Crippen LogP) is 4.73. The molecule has 26 heavy (non-hydrogen) atoms. The Hall–Kier alpha value is -1.51. The zero-order chi connectivity index (χ0) is 18.0. The van der Waals surface area contributed by atoms with E-state index < -0.39 is 0 Å². The number of guanidine groups is 1. The van der Waals surface area contributed by atoms with Crippen molar-refractivity contribution in [3.05, 3.63) is 69.6 Å². The van der Waals surface area contributed by atoms with Crippen LogP contribution in [0.5, 0.6) is 0 Å². The number of halogens is 3. The van der Waals surface area contributed by atoms with E-state index in [0.29, 0.717) is 22.5 Å². The second-order valence-corrected chi connectivity index (χ2v) is 6.70. The lowest BCUT2D eigenvalue weighted by atomic mass is 10.1. The van der Waals surface area contributed by atoms with Gasteiger partial charge in [-0.1, -0.05) is 35.3 Å². The summed E-state index contributed by atoms with van der Waals surface area (Å²) in [5.41, 5.74) is 9.79. The van der Waals surface area contributed by atoms with Crippen molar-refractivity contribution in [1.29, 1.82) is 0 Å². The smallest absolute Gasteiger partial charge is 0.189 e. The van der Waals surface area contributed by atoms with Gasteiger partial charge in [-0.15, -0.1) is 24.0 Å². The topological polar surface area (TPSA) is 67.7 Å². The first-order chi connectivity index (χ1) is 11.9. The molecular formula is C18H20Cl2IN5. The molecule has 0 aliphatic heterocycles. The van der Waals surface area contributed by atoms with Gasteiger partial charge in [0.05, 0.1) is 18.3 Å². The van der Waals surface area contributed by atoms with Crippen LogP contribution < -0.4 is 11.1 Å². The summed E-state index contributed by atoms with van der Waals surface area (Å²) in [6, 6.07) is 11.3. The third-order valence-electron chi connectivity index (χ3n) is 3.95. The van der Waals surface area contributed by atoms with E-state index in [0.717, 1.165) is 22.6 Å². The molecule has 3 N–H and O–H groups in total. The fourth-order valence-corrected chi connectivity index (χ4v) is 3.21. The molecule has 2 aromatic heterocycles. The van der Waals surface area contributed by atoms with E-state index >= 15 is 0 Å². The molecule has 138 valence electrons. The number of nitrogens with zero attached hydrogens (tertiary/aromatic N) is 3. The van der Waals surface area contributed by atoms with Crippen molar-refractivity contribution in [2.24, 2.45) is 10.7 Å². The molecule has 1 unspecified atom stereocenters. The first-order valence-electron chi connectivity index (χ1n) is 7.89. The number of aryl methyl sites for hydroxylation is 1. The van der Waals surface area contributed by atoms with Crippen molar-refractivity contribution < 1.29 is 0 Å². The number of pyridine rings is 1. The van der Waals surface area contributed by atoms with Crippen molar-refractivity contribution in [2.45, 2.75) is 26.4 Å². The predicted molar refractivity (Wildman–Crippen MR) is 119 cm³/mol. The molecule has 1 atom stereocenters. The Balaban J connectivity index is 0.00000243. The normalized spacial score (nSPS) is 12.7. The zero-order valence-electron chi connectivity index (χ0n) is 14.4.